The third-order valence-electron chi connectivity index (χ3n) is 1.84. The second-order valence-electron chi connectivity index (χ2n) is 2.59. The number of aliphatic hydroxyl groups excluding tert-OH is 1. The second kappa shape index (κ2) is 3.52. The summed E-state index contributed by atoms with van der Waals surface area (Å²) >= 11 is 0. The molecule has 1 atom stereocenters. The van der Waals surface area contributed by atoms with Crippen molar-refractivity contribution in [1.82, 2.24) is 0 Å². The maximum atomic E-state index is 11.0. The Labute approximate surface area is 60.6 Å². The van der Waals surface area contributed by atoms with Gasteiger partial charge in [-0.1, -0.05) is 12.2 Å². The Bertz CT molecular complexity index is 149. The minimum Gasteiger partial charge on any atom is -0.396 e. The molecule has 0 aromatic rings. The van der Waals surface area contributed by atoms with E-state index in [-0.39, 0.29) is 18.3 Å². The van der Waals surface area contributed by atoms with E-state index in [1.165, 1.54) is 0 Å². The summed E-state index contributed by atoms with van der Waals surface area (Å²) in [5.41, 5.74) is 0. The predicted octanol–water partition coefficient (Wildman–Crippen LogP) is 0.904. The zero-order valence-corrected chi connectivity index (χ0v) is 5.92. The van der Waals surface area contributed by atoms with Crippen LogP contribution < -0.4 is 0 Å². The van der Waals surface area contributed by atoms with E-state index < -0.39 is 0 Å². The van der Waals surface area contributed by atoms with Crippen LogP contribution in [0.2, 0.25) is 0 Å². The molecule has 0 fully saturated rings. The molecule has 1 N–H and O–H groups in total. The van der Waals surface area contributed by atoms with Crippen molar-refractivity contribution in [2.75, 3.05) is 6.61 Å². The average molecular weight is 140 g/mol. The van der Waals surface area contributed by atoms with Gasteiger partial charge in [-0.2, -0.15) is 0 Å². The van der Waals surface area contributed by atoms with E-state index in [0.29, 0.717) is 12.8 Å². The first-order valence-electron chi connectivity index (χ1n) is 3.63. The third-order valence-corrected chi connectivity index (χ3v) is 1.84. The van der Waals surface area contributed by atoms with Gasteiger partial charge in [0.25, 0.3) is 0 Å². The number of Topliss-reactive ketones (excluding diaryl/α,β-unsaturated/α-hetero) is 1. The summed E-state index contributed by atoms with van der Waals surface area (Å²) in [4.78, 5) is 11.0. The van der Waals surface area contributed by atoms with Crippen LogP contribution in [-0.4, -0.2) is 17.5 Å². The topological polar surface area (TPSA) is 37.3 Å². The lowest BCUT2D eigenvalue weighted by Gasteiger charge is -2.14. The summed E-state index contributed by atoms with van der Waals surface area (Å²) in [5, 5.41) is 8.56. The summed E-state index contributed by atoms with van der Waals surface area (Å²) in [6, 6.07) is 0. The molecule has 0 aromatic carbocycles. The molecule has 0 saturated heterocycles. The van der Waals surface area contributed by atoms with Crippen LogP contribution in [0.5, 0.6) is 0 Å². The van der Waals surface area contributed by atoms with Gasteiger partial charge >= 0.3 is 0 Å². The van der Waals surface area contributed by atoms with E-state index in [4.69, 9.17) is 5.11 Å². The Kier molecular flexibility index (Phi) is 2.63. The smallest absolute Gasteiger partial charge is 0.140 e. The van der Waals surface area contributed by atoms with Gasteiger partial charge < -0.3 is 5.11 Å². The predicted molar refractivity (Wildman–Crippen MR) is 38.6 cm³/mol. The van der Waals surface area contributed by atoms with Gasteiger partial charge in [0.05, 0.1) is 0 Å². The van der Waals surface area contributed by atoms with E-state index in [0.717, 1.165) is 6.42 Å². The van der Waals surface area contributed by atoms with Gasteiger partial charge in [-0.3, -0.25) is 4.79 Å². The number of rotatable bonds is 2. The average Bonchev–Trinajstić information content (AvgIpc) is 1.94. The SMILES string of the molecule is O=C1CC=CCC1CCO. The Morgan fingerprint density at radius 3 is 3.00 bits per heavy atom. The van der Waals surface area contributed by atoms with Gasteiger partial charge in [-0.25, -0.2) is 0 Å². The largest absolute Gasteiger partial charge is 0.396 e. The number of ketones is 1. The lowest BCUT2D eigenvalue weighted by Crippen LogP contribution is -2.16. The minimum absolute atomic E-state index is 0.0926. The Balaban J connectivity index is 2.43. The molecule has 1 aliphatic carbocycles. The Morgan fingerprint density at radius 1 is 1.60 bits per heavy atom. The summed E-state index contributed by atoms with van der Waals surface area (Å²) < 4.78 is 0. The molecule has 56 valence electrons. The molecule has 0 aromatic heterocycles. The van der Waals surface area contributed by atoms with Crippen LogP contribution in [0.1, 0.15) is 19.3 Å². The van der Waals surface area contributed by atoms with Gasteiger partial charge in [0.15, 0.2) is 0 Å². The highest BCUT2D eigenvalue weighted by atomic mass is 16.3. The van der Waals surface area contributed by atoms with E-state index in [2.05, 4.69) is 0 Å². The van der Waals surface area contributed by atoms with Crippen molar-refractivity contribution >= 4 is 5.78 Å². The van der Waals surface area contributed by atoms with Crippen LogP contribution in [-0.2, 0) is 4.79 Å². The molecule has 0 saturated carbocycles. The fourth-order valence-electron chi connectivity index (χ4n) is 1.19. The molecule has 0 heterocycles. The van der Waals surface area contributed by atoms with Crippen molar-refractivity contribution in [3.8, 4) is 0 Å². The van der Waals surface area contributed by atoms with Gasteiger partial charge in [0.1, 0.15) is 5.78 Å². The standard InChI is InChI=1S/C8H12O2/c9-6-5-7-3-1-2-4-8(7)10/h1-2,7,9H,3-6H2. The van der Waals surface area contributed by atoms with E-state index in [9.17, 15) is 4.79 Å². The lowest BCUT2D eigenvalue weighted by molar-refractivity contribution is -0.122. The monoisotopic (exact) mass is 140 g/mol. The number of allylic oxidation sites excluding steroid dienone is 2. The molecule has 0 aliphatic heterocycles. The summed E-state index contributed by atoms with van der Waals surface area (Å²) in [6.07, 6.45) is 5.92. The van der Waals surface area contributed by atoms with Crippen molar-refractivity contribution in [2.45, 2.75) is 19.3 Å². The number of aliphatic hydroxyl groups is 1. The molecular formula is C8H12O2. The first-order valence-corrected chi connectivity index (χ1v) is 3.63. The van der Waals surface area contributed by atoms with Crippen LogP contribution in [0.25, 0.3) is 0 Å². The number of hydrogen-bond acceptors (Lipinski definition) is 2. The van der Waals surface area contributed by atoms with Crippen LogP contribution in [0.3, 0.4) is 0 Å². The molecule has 1 aliphatic rings. The maximum Gasteiger partial charge on any atom is 0.140 e. The van der Waals surface area contributed by atoms with Crippen LogP contribution in [0.15, 0.2) is 12.2 Å². The molecule has 10 heavy (non-hydrogen) atoms. The van der Waals surface area contributed by atoms with Crippen LogP contribution >= 0.6 is 0 Å². The summed E-state index contributed by atoms with van der Waals surface area (Å²) in [5.74, 6) is 0.367. The fraction of sp³-hybridized carbons (Fsp3) is 0.625. The molecule has 1 unspecified atom stereocenters. The van der Waals surface area contributed by atoms with Crippen molar-refractivity contribution < 1.29 is 9.90 Å². The molecule has 1 rings (SSSR count). The molecule has 0 spiro atoms. The van der Waals surface area contributed by atoms with E-state index in [1.54, 1.807) is 0 Å². The minimum atomic E-state index is 0.0926. The van der Waals surface area contributed by atoms with Crippen molar-refractivity contribution in [2.24, 2.45) is 5.92 Å². The zero-order valence-electron chi connectivity index (χ0n) is 5.92. The maximum absolute atomic E-state index is 11.0. The Hall–Kier alpha value is -0.630. The molecule has 0 amide bonds. The molecule has 2 nitrogen and oxygen atoms in total. The number of hydrogen-bond donors (Lipinski definition) is 1. The quantitative estimate of drug-likeness (QED) is 0.579. The van der Waals surface area contributed by atoms with Gasteiger partial charge in [0, 0.05) is 18.9 Å². The van der Waals surface area contributed by atoms with Crippen LogP contribution in [0.4, 0.5) is 0 Å². The van der Waals surface area contributed by atoms with Crippen LogP contribution in [0, 0.1) is 5.92 Å². The zero-order chi connectivity index (χ0) is 7.40. The fourth-order valence-corrected chi connectivity index (χ4v) is 1.19. The van der Waals surface area contributed by atoms with Crippen molar-refractivity contribution in [3.05, 3.63) is 12.2 Å². The second-order valence-corrected chi connectivity index (χ2v) is 2.59. The van der Waals surface area contributed by atoms with E-state index >= 15 is 0 Å². The highest BCUT2D eigenvalue weighted by molar-refractivity contribution is 5.83. The van der Waals surface area contributed by atoms with Gasteiger partial charge in [-0.05, 0) is 12.8 Å². The normalized spacial score (nSPS) is 25.3. The number of carbonyl (C=O) groups excluding carboxylic acids is 1. The van der Waals surface area contributed by atoms with Crippen molar-refractivity contribution in [3.63, 3.8) is 0 Å². The van der Waals surface area contributed by atoms with Gasteiger partial charge in [-0.15, -0.1) is 0 Å². The third kappa shape index (κ3) is 1.67. The van der Waals surface area contributed by atoms with Gasteiger partial charge in [0.2, 0.25) is 0 Å². The van der Waals surface area contributed by atoms with E-state index in [1.807, 2.05) is 12.2 Å². The summed E-state index contributed by atoms with van der Waals surface area (Å²) in [6.45, 7) is 0.129. The molecule has 0 bridgehead atoms. The van der Waals surface area contributed by atoms with Crippen molar-refractivity contribution in [1.29, 1.82) is 0 Å². The highest BCUT2D eigenvalue weighted by Crippen LogP contribution is 2.17. The number of carbonyl (C=O) groups is 1. The lowest BCUT2D eigenvalue weighted by atomic mass is 9.91. The molecule has 2 heteroatoms. The first kappa shape index (κ1) is 7.48. The molecular weight excluding hydrogens is 128 g/mol. The first-order chi connectivity index (χ1) is 4.84. The Morgan fingerprint density at radius 2 is 2.40 bits per heavy atom. The summed E-state index contributed by atoms with van der Waals surface area (Å²) in [7, 11) is 0. The highest BCUT2D eigenvalue weighted by Gasteiger charge is 2.17. The molecule has 0 radical (unpaired) electrons.